The molecule has 2 aliphatic rings. The van der Waals surface area contributed by atoms with Crippen LogP contribution in [0.3, 0.4) is 0 Å². The molecule has 2 fully saturated rings. The Labute approximate surface area is 89.5 Å². The second kappa shape index (κ2) is 3.97. The van der Waals surface area contributed by atoms with Gasteiger partial charge in [-0.05, 0) is 49.2 Å². The predicted octanol–water partition coefficient (Wildman–Crippen LogP) is 1.96. The van der Waals surface area contributed by atoms with E-state index in [0.717, 1.165) is 0 Å². The molecule has 2 rings (SSSR count). The Morgan fingerprint density at radius 2 is 2.07 bits per heavy atom. The molecule has 1 saturated carbocycles. The van der Waals surface area contributed by atoms with E-state index in [1.165, 1.54) is 43.3 Å². The van der Waals surface area contributed by atoms with E-state index in [0.29, 0.717) is 5.92 Å². The Kier molecular flexibility index (Phi) is 2.86. The first-order valence-corrected chi connectivity index (χ1v) is 6.45. The van der Waals surface area contributed by atoms with E-state index in [1.807, 2.05) is 11.8 Å². The molecule has 2 nitrogen and oxygen atoms in total. The molecule has 1 aliphatic heterocycles. The first-order valence-electron chi connectivity index (χ1n) is 5.29. The summed E-state index contributed by atoms with van der Waals surface area (Å²) < 4.78 is 0. The first-order chi connectivity index (χ1) is 6.77. The minimum atomic E-state index is 0.000673. The summed E-state index contributed by atoms with van der Waals surface area (Å²) in [5.41, 5.74) is 0.159. The van der Waals surface area contributed by atoms with E-state index in [4.69, 9.17) is 0 Å². The van der Waals surface area contributed by atoms with Crippen LogP contribution in [0.1, 0.15) is 25.7 Å². The van der Waals surface area contributed by atoms with E-state index >= 15 is 0 Å². The van der Waals surface area contributed by atoms with Gasteiger partial charge in [0.25, 0.3) is 0 Å². The maximum Gasteiger partial charge on any atom is 0.243 e. The number of nitrogens with one attached hydrogen (secondary N) is 1. The zero-order valence-corrected chi connectivity index (χ0v) is 9.24. The summed E-state index contributed by atoms with van der Waals surface area (Å²) in [4.78, 5) is 11.3. The Balaban J connectivity index is 1.93. The van der Waals surface area contributed by atoms with Crippen molar-refractivity contribution in [1.29, 1.82) is 0 Å². The van der Waals surface area contributed by atoms with Crippen LogP contribution in [0, 0.1) is 5.92 Å². The summed E-state index contributed by atoms with van der Waals surface area (Å²) in [6.45, 7) is 3.50. The lowest BCUT2D eigenvalue weighted by atomic mass is 9.91. The molecular formula is C11H17NOS. The highest BCUT2D eigenvalue weighted by Crippen LogP contribution is 2.47. The smallest absolute Gasteiger partial charge is 0.243 e. The minimum Gasteiger partial charge on any atom is -0.347 e. The monoisotopic (exact) mass is 211 g/mol. The summed E-state index contributed by atoms with van der Waals surface area (Å²) in [5.74, 6) is 3.24. The normalized spacial score (nSPS) is 25.4. The van der Waals surface area contributed by atoms with Crippen LogP contribution in [-0.4, -0.2) is 23.0 Å². The van der Waals surface area contributed by atoms with E-state index in [2.05, 4.69) is 11.9 Å². The van der Waals surface area contributed by atoms with E-state index in [9.17, 15) is 4.79 Å². The van der Waals surface area contributed by atoms with Crippen molar-refractivity contribution in [2.45, 2.75) is 31.2 Å². The van der Waals surface area contributed by atoms with E-state index < -0.39 is 0 Å². The molecule has 1 aliphatic carbocycles. The van der Waals surface area contributed by atoms with Crippen molar-refractivity contribution in [2.75, 3.05) is 11.5 Å². The summed E-state index contributed by atoms with van der Waals surface area (Å²) in [6.07, 6.45) is 6.26. The second-order valence-corrected chi connectivity index (χ2v) is 5.46. The van der Waals surface area contributed by atoms with Crippen molar-refractivity contribution >= 4 is 17.7 Å². The Bertz CT molecular complexity index is 242. The molecule has 1 saturated heterocycles. The fourth-order valence-electron chi connectivity index (χ4n) is 2.32. The van der Waals surface area contributed by atoms with Crippen LogP contribution in [0.25, 0.3) is 0 Å². The Morgan fingerprint density at radius 1 is 1.43 bits per heavy atom. The van der Waals surface area contributed by atoms with Crippen molar-refractivity contribution < 1.29 is 4.79 Å². The van der Waals surface area contributed by atoms with Gasteiger partial charge in [-0.1, -0.05) is 6.58 Å². The van der Waals surface area contributed by atoms with Gasteiger partial charge in [0.2, 0.25) is 5.91 Å². The molecule has 0 aromatic carbocycles. The predicted molar refractivity (Wildman–Crippen MR) is 60.4 cm³/mol. The van der Waals surface area contributed by atoms with Crippen molar-refractivity contribution in [3.8, 4) is 0 Å². The minimum absolute atomic E-state index is 0.000673. The van der Waals surface area contributed by atoms with Gasteiger partial charge in [0.1, 0.15) is 0 Å². The summed E-state index contributed by atoms with van der Waals surface area (Å²) >= 11 is 2.03. The molecule has 0 bridgehead atoms. The topological polar surface area (TPSA) is 29.1 Å². The SMILES string of the molecule is C=CC(=O)NC1(C2CCSCC2)CC1. The van der Waals surface area contributed by atoms with Gasteiger partial charge in [-0.25, -0.2) is 0 Å². The lowest BCUT2D eigenvalue weighted by molar-refractivity contribution is -0.117. The lowest BCUT2D eigenvalue weighted by Crippen LogP contribution is -2.43. The van der Waals surface area contributed by atoms with Gasteiger partial charge >= 0.3 is 0 Å². The highest BCUT2D eigenvalue weighted by atomic mass is 32.2. The number of hydrogen-bond acceptors (Lipinski definition) is 2. The molecular weight excluding hydrogens is 194 g/mol. The summed E-state index contributed by atoms with van der Waals surface area (Å²) in [6, 6.07) is 0. The highest BCUT2D eigenvalue weighted by molar-refractivity contribution is 7.99. The standard InChI is InChI=1S/C11H17NOS/c1-2-10(13)12-11(5-6-11)9-3-7-14-8-4-9/h2,9H,1,3-8H2,(H,12,13). The van der Waals surface area contributed by atoms with Crippen LogP contribution in [0.15, 0.2) is 12.7 Å². The van der Waals surface area contributed by atoms with Crippen LogP contribution in [-0.2, 0) is 4.79 Å². The number of thioether (sulfide) groups is 1. The number of hydrogen-bond donors (Lipinski definition) is 1. The number of rotatable bonds is 3. The number of carbonyl (C=O) groups is 1. The average molecular weight is 211 g/mol. The highest BCUT2D eigenvalue weighted by Gasteiger charge is 2.49. The van der Waals surface area contributed by atoms with Gasteiger partial charge < -0.3 is 5.32 Å². The van der Waals surface area contributed by atoms with Gasteiger partial charge in [0.05, 0.1) is 0 Å². The van der Waals surface area contributed by atoms with Gasteiger partial charge in [0, 0.05) is 5.54 Å². The molecule has 0 aromatic heterocycles. The Hall–Kier alpha value is -0.440. The molecule has 0 unspecified atom stereocenters. The lowest BCUT2D eigenvalue weighted by Gasteiger charge is -2.30. The van der Waals surface area contributed by atoms with Gasteiger partial charge in [0.15, 0.2) is 0 Å². The van der Waals surface area contributed by atoms with E-state index in [1.54, 1.807) is 0 Å². The van der Waals surface area contributed by atoms with Crippen molar-refractivity contribution in [3.63, 3.8) is 0 Å². The third-order valence-electron chi connectivity index (χ3n) is 3.35. The van der Waals surface area contributed by atoms with Crippen LogP contribution in [0.2, 0.25) is 0 Å². The number of amides is 1. The molecule has 0 spiro atoms. The number of carbonyl (C=O) groups excluding carboxylic acids is 1. The van der Waals surface area contributed by atoms with Gasteiger partial charge in [-0.2, -0.15) is 11.8 Å². The Morgan fingerprint density at radius 3 is 2.57 bits per heavy atom. The van der Waals surface area contributed by atoms with Crippen molar-refractivity contribution in [1.82, 2.24) is 5.32 Å². The molecule has 1 N–H and O–H groups in total. The van der Waals surface area contributed by atoms with Crippen molar-refractivity contribution in [2.24, 2.45) is 5.92 Å². The molecule has 1 heterocycles. The fraction of sp³-hybridized carbons (Fsp3) is 0.727. The van der Waals surface area contributed by atoms with E-state index in [-0.39, 0.29) is 11.4 Å². The molecule has 3 heteroatoms. The van der Waals surface area contributed by atoms with Crippen LogP contribution >= 0.6 is 11.8 Å². The molecule has 1 amide bonds. The van der Waals surface area contributed by atoms with Crippen molar-refractivity contribution in [3.05, 3.63) is 12.7 Å². The largest absolute Gasteiger partial charge is 0.347 e. The van der Waals surface area contributed by atoms with Gasteiger partial charge in [-0.3, -0.25) is 4.79 Å². The van der Waals surface area contributed by atoms with Crippen LogP contribution in [0.5, 0.6) is 0 Å². The third-order valence-corrected chi connectivity index (χ3v) is 4.40. The summed E-state index contributed by atoms with van der Waals surface area (Å²) in [5, 5.41) is 3.12. The average Bonchev–Trinajstić information content (AvgIpc) is 3.00. The molecule has 0 atom stereocenters. The molecule has 0 aromatic rings. The zero-order chi connectivity index (χ0) is 10.0. The summed E-state index contributed by atoms with van der Waals surface area (Å²) in [7, 11) is 0. The first kappa shape index (κ1) is 10.1. The van der Waals surface area contributed by atoms with Crippen LogP contribution in [0.4, 0.5) is 0 Å². The molecule has 0 radical (unpaired) electrons. The second-order valence-electron chi connectivity index (χ2n) is 4.24. The van der Waals surface area contributed by atoms with Crippen LogP contribution < -0.4 is 5.32 Å². The van der Waals surface area contributed by atoms with Gasteiger partial charge in [-0.15, -0.1) is 0 Å². The molecule has 14 heavy (non-hydrogen) atoms. The fourth-order valence-corrected chi connectivity index (χ4v) is 3.42. The zero-order valence-electron chi connectivity index (χ0n) is 8.42. The maximum absolute atomic E-state index is 11.3. The molecule has 78 valence electrons. The quantitative estimate of drug-likeness (QED) is 0.723. The maximum atomic E-state index is 11.3. The third kappa shape index (κ3) is 1.97.